The molecule has 14 heavy (non-hydrogen) atoms. The first-order valence-electron chi connectivity index (χ1n) is 4.40. The van der Waals surface area contributed by atoms with Gasteiger partial charge in [-0.1, -0.05) is 24.3 Å². The molecule has 0 aromatic heterocycles. The summed E-state index contributed by atoms with van der Waals surface area (Å²) in [6, 6.07) is 5.71. The minimum atomic E-state index is -0.326. The first-order valence-corrected chi connectivity index (χ1v) is 4.40. The lowest BCUT2D eigenvalue weighted by Gasteiger charge is -2.00. The average Bonchev–Trinajstić information content (AvgIpc) is 2.10. The van der Waals surface area contributed by atoms with Gasteiger partial charge in [0.05, 0.1) is 0 Å². The number of carbonyl (C=O) groups excluding carboxylic acids is 1. The van der Waals surface area contributed by atoms with Gasteiger partial charge >= 0.3 is 0 Å². The first-order chi connectivity index (χ1) is 6.59. The van der Waals surface area contributed by atoms with Crippen LogP contribution in [0.5, 0.6) is 0 Å². The predicted octanol–water partition coefficient (Wildman–Crippen LogP) is 1.47. The number of nitrogen functional groups attached to an aromatic ring is 1. The van der Waals surface area contributed by atoms with Gasteiger partial charge in [-0.15, -0.1) is 0 Å². The van der Waals surface area contributed by atoms with Crippen molar-refractivity contribution in [1.29, 1.82) is 0 Å². The Labute approximate surface area is 83.4 Å². The third kappa shape index (κ3) is 2.94. The summed E-state index contributed by atoms with van der Waals surface area (Å²) in [6.45, 7) is 1.95. The second-order valence-electron chi connectivity index (χ2n) is 3.19. The summed E-state index contributed by atoms with van der Waals surface area (Å²) >= 11 is 0. The Hall–Kier alpha value is -1.77. The van der Waals surface area contributed by atoms with Crippen LogP contribution in [-0.2, 0) is 4.79 Å². The van der Waals surface area contributed by atoms with Crippen molar-refractivity contribution in [1.82, 2.24) is 0 Å². The number of aryl methyl sites for hydroxylation is 1. The largest absolute Gasteiger partial charge is 0.399 e. The highest BCUT2D eigenvalue weighted by atomic mass is 16.1. The van der Waals surface area contributed by atoms with Crippen LogP contribution in [0.15, 0.2) is 24.3 Å². The van der Waals surface area contributed by atoms with Gasteiger partial charge < -0.3 is 11.5 Å². The Morgan fingerprint density at radius 3 is 2.79 bits per heavy atom. The molecule has 0 aliphatic rings. The second kappa shape index (κ2) is 4.46. The van der Waals surface area contributed by atoms with Gasteiger partial charge in [-0.25, -0.2) is 0 Å². The topological polar surface area (TPSA) is 69.1 Å². The van der Waals surface area contributed by atoms with E-state index in [1.54, 1.807) is 6.08 Å². The number of hydrogen-bond acceptors (Lipinski definition) is 2. The van der Waals surface area contributed by atoms with Gasteiger partial charge in [-0.2, -0.15) is 0 Å². The molecule has 0 spiro atoms. The van der Waals surface area contributed by atoms with Crippen molar-refractivity contribution in [3.05, 3.63) is 35.4 Å². The molecule has 1 aromatic carbocycles. The molecule has 0 fully saturated rings. The molecule has 0 aliphatic carbocycles. The molecule has 3 nitrogen and oxygen atoms in total. The van der Waals surface area contributed by atoms with E-state index in [0.717, 1.165) is 16.8 Å². The van der Waals surface area contributed by atoms with E-state index >= 15 is 0 Å². The van der Waals surface area contributed by atoms with Crippen LogP contribution in [0.1, 0.15) is 17.5 Å². The van der Waals surface area contributed by atoms with Crippen LogP contribution in [0.25, 0.3) is 6.08 Å². The van der Waals surface area contributed by atoms with Crippen molar-refractivity contribution in [2.75, 3.05) is 5.73 Å². The lowest BCUT2D eigenvalue weighted by atomic mass is 10.1. The summed E-state index contributed by atoms with van der Waals surface area (Å²) in [5, 5.41) is 0. The highest BCUT2D eigenvalue weighted by Crippen LogP contribution is 2.13. The summed E-state index contributed by atoms with van der Waals surface area (Å²) in [7, 11) is 0. The van der Waals surface area contributed by atoms with Gasteiger partial charge in [0.15, 0.2) is 0 Å². The zero-order valence-corrected chi connectivity index (χ0v) is 8.16. The third-order valence-electron chi connectivity index (χ3n) is 1.92. The molecule has 0 saturated carbocycles. The Bertz CT molecular complexity index is 370. The summed E-state index contributed by atoms with van der Waals surface area (Å²) < 4.78 is 0. The molecular weight excluding hydrogens is 176 g/mol. The molecule has 0 radical (unpaired) electrons. The number of benzene rings is 1. The van der Waals surface area contributed by atoms with E-state index in [4.69, 9.17) is 11.5 Å². The first kappa shape index (κ1) is 10.3. The number of rotatable bonds is 3. The van der Waals surface area contributed by atoms with Gasteiger partial charge in [-0.3, -0.25) is 4.79 Å². The van der Waals surface area contributed by atoms with Crippen LogP contribution in [-0.4, -0.2) is 5.91 Å². The second-order valence-corrected chi connectivity index (χ2v) is 3.19. The minimum absolute atomic E-state index is 0.267. The maximum Gasteiger partial charge on any atom is 0.221 e. The summed E-state index contributed by atoms with van der Waals surface area (Å²) in [5.41, 5.74) is 13.5. The highest BCUT2D eigenvalue weighted by molar-refractivity contribution is 5.76. The Balaban J connectivity index is 2.73. The minimum Gasteiger partial charge on any atom is -0.399 e. The molecule has 0 aliphatic heterocycles. The van der Waals surface area contributed by atoms with E-state index in [0.29, 0.717) is 0 Å². The van der Waals surface area contributed by atoms with Gasteiger partial charge in [0.1, 0.15) is 0 Å². The van der Waals surface area contributed by atoms with Crippen molar-refractivity contribution in [3.8, 4) is 0 Å². The zero-order valence-electron chi connectivity index (χ0n) is 8.16. The van der Waals surface area contributed by atoms with Crippen LogP contribution in [0.2, 0.25) is 0 Å². The Morgan fingerprint density at radius 2 is 2.21 bits per heavy atom. The number of nitrogens with two attached hydrogens (primary N) is 2. The fourth-order valence-electron chi connectivity index (χ4n) is 1.11. The molecule has 0 heterocycles. The van der Waals surface area contributed by atoms with Crippen molar-refractivity contribution in [2.24, 2.45) is 5.73 Å². The fourth-order valence-corrected chi connectivity index (χ4v) is 1.11. The standard InChI is InChI=1S/C11H14N2O/c1-8-7-9(5-6-10(8)12)3-2-4-11(13)14/h2-3,5-7H,4,12H2,1H3,(H2,13,14). The number of hydrogen-bond donors (Lipinski definition) is 2. The van der Waals surface area contributed by atoms with E-state index in [9.17, 15) is 4.79 Å². The summed E-state index contributed by atoms with van der Waals surface area (Å²) in [5.74, 6) is -0.326. The molecule has 0 atom stereocenters. The van der Waals surface area contributed by atoms with Crippen molar-refractivity contribution in [2.45, 2.75) is 13.3 Å². The van der Waals surface area contributed by atoms with Crippen LogP contribution < -0.4 is 11.5 Å². The molecule has 74 valence electrons. The molecular formula is C11H14N2O. The summed E-state index contributed by atoms with van der Waals surface area (Å²) in [4.78, 5) is 10.5. The molecule has 3 heteroatoms. The predicted molar refractivity (Wildman–Crippen MR) is 58.4 cm³/mol. The maximum atomic E-state index is 10.5. The molecule has 0 unspecified atom stereocenters. The van der Waals surface area contributed by atoms with E-state index < -0.39 is 0 Å². The molecule has 1 aromatic rings. The zero-order chi connectivity index (χ0) is 10.6. The van der Waals surface area contributed by atoms with Gasteiger partial charge in [0.2, 0.25) is 5.91 Å². The SMILES string of the molecule is Cc1cc(C=CCC(N)=O)ccc1N. The molecule has 0 bridgehead atoms. The molecule has 1 rings (SSSR count). The maximum absolute atomic E-state index is 10.5. The van der Waals surface area contributed by atoms with Crippen LogP contribution >= 0.6 is 0 Å². The Morgan fingerprint density at radius 1 is 1.50 bits per heavy atom. The summed E-state index contributed by atoms with van der Waals surface area (Å²) in [6.07, 6.45) is 3.87. The smallest absolute Gasteiger partial charge is 0.221 e. The fraction of sp³-hybridized carbons (Fsp3) is 0.182. The van der Waals surface area contributed by atoms with E-state index in [2.05, 4.69) is 0 Å². The van der Waals surface area contributed by atoms with E-state index in [1.165, 1.54) is 0 Å². The van der Waals surface area contributed by atoms with Crippen molar-refractivity contribution in [3.63, 3.8) is 0 Å². The van der Waals surface area contributed by atoms with E-state index in [-0.39, 0.29) is 12.3 Å². The monoisotopic (exact) mass is 190 g/mol. The third-order valence-corrected chi connectivity index (χ3v) is 1.92. The number of carbonyl (C=O) groups is 1. The lowest BCUT2D eigenvalue weighted by Crippen LogP contribution is -2.07. The normalized spacial score (nSPS) is 10.6. The van der Waals surface area contributed by atoms with Gasteiger partial charge in [-0.05, 0) is 24.1 Å². The molecule has 0 saturated heterocycles. The van der Waals surface area contributed by atoms with Crippen LogP contribution in [0.4, 0.5) is 5.69 Å². The molecule has 4 N–H and O–H groups in total. The quantitative estimate of drug-likeness (QED) is 0.708. The Kier molecular flexibility index (Phi) is 3.29. The number of primary amides is 1. The average molecular weight is 190 g/mol. The van der Waals surface area contributed by atoms with Gasteiger partial charge in [0.25, 0.3) is 0 Å². The lowest BCUT2D eigenvalue weighted by molar-refractivity contribution is -0.117. The highest BCUT2D eigenvalue weighted by Gasteiger charge is 1.93. The van der Waals surface area contributed by atoms with Crippen molar-refractivity contribution < 1.29 is 4.79 Å². The number of anilines is 1. The number of amides is 1. The van der Waals surface area contributed by atoms with Crippen LogP contribution in [0.3, 0.4) is 0 Å². The van der Waals surface area contributed by atoms with Crippen LogP contribution in [0, 0.1) is 6.92 Å². The van der Waals surface area contributed by atoms with Crippen molar-refractivity contribution >= 4 is 17.7 Å². The van der Waals surface area contributed by atoms with Gasteiger partial charge in [0, 0.05) is 12.1 Å². The molecule has 1 amide bonds. The van der Waals surface area contributed by atoms with E-state index in [1.807, 2.05) is 31.2 Å².